The number of nitrogens with two attached hydrogens (primary N) is 1. The number of anilines is 1. The van der Waals surface area contributed by atoms with E-state index in [0.29, 0.717) is 11.4 Å². The topological polar surface area (TPSA) is 51.0 Å². The number of benzene rings is 1. The second-order valence-electron chi connectivity index (χ2n) is 3.61. The lowest BCUT2D eigenvalue weighted by Crippen LogP contribution is -2.15. The van der Waals surface area contributed by atoms with Crippen LogP contribution in [0.25, 0.3) is 10.9 Å². The van der Waals surface area contributed by atoms with Gasteiger partial charge in [0.15, 0.2) is 0 Å². The third kappa shape index (κ3) is 2.71. The van der Waals surface area contributed by atoms with E-state index in [-0.39, 0.29) is 6.42 Å². The van der Waals surface area contributed by atoms with E-state index in [1.807, 2.05) is 24.3 Å². The van der Waals surface area contributed by atoms with Crippen LogP contribution in [0.4, 0.5) is 19.0 Å². The van der Waals surface area contributed by atoms with Crippen LogP contribution in [0.15, 0.2) is 24.3 Å². The van der Waals surface area contributed by atoms with E-state index in [2.05, 4.69) is 9.72 Å². The summed E-state index contributed by atoms with van der Waals surface area (Å²) in [5.74, 6) is 0.386. The molecule has 0 aliphatic carbocycles. The van der Waals surface area contributed by atoms with Crippen LogP contribution in [0.2, 0.25) is 0 Å². The molecular formula is C11H11F3N2O. The first kappa shape index (κ1) is 11.8. The number of para-hydroxylation sites is 1. The standard InChI is InChI=1S/C11H11F3N2O/c12-11(13,14)17-6-5-8-7-3-1-2-4-9(7)16-10(8)15/h1-4,16H,5-6,15H2. The number of aromatic amines is 1. The summed E-state index contributed by atoms with van der Waals surface area (Å²) >= 11 is 0. The van der Waals surface area contributed by atoms with Crippen LogP contribution in [0, 0.1) is 0 Å². The molecule has 0 atom stereocenters. The fourth-order valence-corrected chi connectivity index (χ4v) is 1.76. The molecule has 0 amide bonds. The number of halogens is 3. The Morgan fingerprint density at radius 2 is 1.94 bits per heavy atom. The summed E-state index contributed by atoms with van der Waals surface area (Å²) in [5.41, 5.74) is 7.18. The van der Waals surface area contributed by atoms with E-state index in [9.17, 15) is 13.2 Å². The molecule has 1 aromatic carbocycles. The van der Waals surface area contributed by atoms with Crippen LogP contribution in [0.1, 0.15) is 5.56 Å². The predicted molar refractivity (Wildman–Crippen MR) is 58.4 cm³/mol. The molecule has 0 aliphatic rings. The number of rotatable bonds is 3. The number of hydrogen-bond donors (Lipinski definition) is 2. The second kappa shape index (κ2) is 4.29. The molecule has 92 valence electrons. The second-order valence-corrected chi connectivity index (χ2v) is 3.61. The van der Waals surface area contributed by atoms with Gasteiger partial charge in [0, 0.05) is 22.9 Å². The van der Waals surface area contributed by atoms with Crippen molar-refractivity contribution in [2.24, 2.45) is 0 Å². The normalized spacial score (nSPS) is 12.2. The molecule has 0 fully saturated rings. The molecule has 17 heavy (non-hydrogen) atoms. The summed E-state index contributed by atoms with van der Waals surface area (Å²) in [5, 5.41) is 0.829. The molecule has 6 heteroatoms. The molecule has 1 heterocycles. The first-order chi connectivity index (χ1) is 7.97. The first-order valence-corrected chi connectivity index (χ1v) is 5.03. The molecule has 0 bridgehead atoms. The van der Waals surface area contributed by atoms with Crippen molar-refractivity contribution in [3.05, 3.63) is 29.8 Å². The van der Waals surface area contributed by atoms with Crippen molar-refractivity contribution < 1.29 is 17.9 Å². The summed E-state index contributed by atoms with van der Waals surface area (Å²) in [4.78, 5) is 2.92. The minimum absolute atomic E-state index is 0.120. The molecular weight excluding hydrogens is 233 g/mol. The van der Waals surface area contributed by atoms with Gasteiger partial charge >= 0.3 is 6.36 Å². The van der Waals surface area contributed by atoms with Gasteiger partial charge < -0.3 is 10.7 Å². The fourth-order valence-electron chi connectivity index (χ4n) is 1.76. The van der Waals surface area contributed by atoms with E-state index in [1.165, 1.54) is 0 Å². The molecule has 1 aromatic heterocycles. The molecule has 0 saturated heterocycles. The van der Waals surface area contributed by atoms with Gasteiger partial charge in [0.2, 0.25) is 0 Å². The van der Waals surface area contributed by atoms with E-state index >= 15 is 0 Å². The highest BCUT2D eigenvalue weighted by atomic mass is 19.4. The minimum atomic E-state index is -4.60. The van der Waals surface area contributed by atoms with E-state index in [4.69, 9.17) is 5.73 Å². The number of alkyl halides is 3. The lowest BCUT2D eigenvalue weighted by Gasteiger charge is -2.07. The number of ether oxygens (including phenoxy) is 1. The van der Waals surface area contributed by atoms with Gasteiger partial charge in [-0.05, 0) is 6.07 Å². The van der Waals surface area contributed by atoms with Crippen molar-refractivity contribution >= 4 is 16.7 Å². The SMILES string of the molecule is Nc1[nH]c2ccccc2c1CCOC(F)(F)F. The highest BCUT2D eigenvalue weighted by Gasteiger charge is 2.28. The largest absolute Gasteiger partial charge is 0.522 e. The maximum atomic E-state index is 11.8. The number of nitrogen functional groups attached to an aromatic ring is 1. The molecule has 0 unspecified atom stereocenters. The van der Waals surface area contributed by atoms with Gasteiger partial charge in [-0.25, -0.2) is 0 Å². The minimum Gasteiger partial charge on any atom is -0.385 e. The number of fused-ring (bicyclic) bond motifs is 1. The number of H-pyrrole nitrogens is 1. The Hall–Kier alpha value is -1.69. The van der Waals surface area contributed by atoms with Crippen molar-refractivity contribution in [3.8, 4) is 0 Å². The molecule has 0 spiro atoms. The zero-order valence-electron chi connectivity index (χ0n) is 8.84. The zero-order valence-corrected chi connectivity index (χ0v) is 8.84. The smallest absolute Gasteiger partial charge is 0.385 e. The molecule has 0 saturated carbocycles. The Labute approximate surface area is 95.4 Å². The lowest BCUT2D eigenvalue weighted by molar-refractivity contribution is -0.324. The number of aromatic nitrogens is 1. The molecule has 2 rings (SSSR count). The number of nitrogens with one attached hydrogen (secondary N) is 1. The summed E-state index contributed by atoms with van der Waals surface area (Å²) in [7, 11) is 0. The van der Waals surface area contributed by atoms with E-state index in [1.54, 1.807) is 0 Å². The van der Waals surface area contributed by atoms with Crippen molar-refractivity contribution in [1.82, 2.24) is 4.98 Å². The predicted octanol–water partition coefficient (Wildman–Crippen LogP) is 2.83. The van der Waals surface area contributed by atoms with E-state index < -0.39 is 13.0 Å². The lowest BCUT2D eigenvalue weighted by atomic mass is 10.1. The van der Waals surface area contributed by atoms with Crippen LogP contribution < -0.4 is 5.73 Å². The third-order valence-electron chi connectivity index (χ3n) is 2.46. The first-order valence-electron chi connectivity index (χ1n) is 5.03. The van der Waals surface area contributed by atoms with Gasteiger partial charge in [0.25, 0.3) is 0 Å². The van der Waals surface area contributed by atoms with Gasteiger partial charge in [-0.3, -0.25) is 4.74 Å². The van der Waals surface area contributed by atoms with E-state index in [0.717, 1.165) is 10.9 Å². The molecule has 3 nitrogen and oxygen atoms in total. The number of hydrogen-bond acceptors (Lipinski definition) is 2. The average molecular weight is 244 g/mol. The van der Waals surface area contributed by atoms with Gasteiger partial charge in [0.05, 0.1) is 6.61 Å². The average Bonchev–Trinajstić information content (AvgIpc) is 2.54. The van der Waals surface area contributed by atoms with Gasteiger partial charge in [-0.1, -0.05) is 18.2 Å². The fraction of sp³-hybridized carbons (Fsp3) is 0.273. The highest BCUT2D eigenvalue weighted by Crippen LogP contribution is 2.25. The monoisotopic (exact) mass is 244 g/mol. The maximum absolute atomic E-state index is 11.8. The van der Waals surface area contributed by atoms with Crippen molar-refractivity contribution in [2.75, 3.05) is 12.3 Å². The Morgan fingerprint density at radius 1 is 1.24 bits per heavy atom. The van der Waals surface area contributed by atoms with Crippen molar-refractivity contribution in [2.45, 2.75) is 12.8 Å². The summed E-state index contributed by atoms with van der Waals surface area (Å²) in [6.45, 7) is -0.435. The van der Waals surface area contributed by atoms with Crippen LogP contribution in [-0.2, 0) is 11.2 Å². The Kier molecular flexibility index (Phi) is 2.97. The maximum Gasteiger partial charge on any atom is 0.522 e. The zero-order chi connectivity index (χ0) is 12.5. The Bertz CT molecular complexity index is 519. The summed E-state index contributed by atoms with van der Waals surface area (Å²) < 4.78 is 39.2. The quantitative estimate of drug-likeness (QED) is 0.872. The van der Waals surface area contributed by atoms with Crippen LogP contribution in [0.3, 0.4) is 0 Å². The van der Waals surface area contributed by atoms with Crippen LogP contribution in [0.5, 0.6) is 0 Å². The van der Waals surface area contributed by atoms with Gasteiger partial charge in [-0.15, -0.1) is 13.2 Å². The highest BCUT2D eigenvalue weighted by molar-refractivity contribution is 5.88. The Morgan fingerprint density at radius 3 is 2.65 bits per heavy atom. The van der Waals surface area contributed by atoms with Gasteiger partial charge in [0.1, 0.15) is 5.82 Å². The summed E-state index contributed by atoms with van der Waals surface area (Å²) in [6, 6.07) is 7.27. The van der Waals surface area contributed by atoms with Crippen LogP contribution in [-0.4, -0.2) is 18.0 Å². The molecule has 3 N–H and O–H groups in total. The van der Waals surface area contributed by atoms with Crippen molar-refractivity contribution in [3.63, 3.8) is 0 Å². The molecule has 0 aliphatic heterocycles. The third-order valence-corrected chi connectivity index (χ3v) is 2.46. The molecule has 0 radical (unpaired) electrons. The molecule has 2 aromatic rings. The Balaban J connectivity index is 2.15. The van der Waals surface area contributed by atoms with Crippen LogP contribution >= 0.6 is 0 Å². The van der Waals surface area contributed by atoms with Gasteiger partial charge in [-0.2, -0.15) is 0 Å². The van der Waals surface area contributed by atoms with Crippen molar-refractivity contribution in [1.29, 1.82) is 0 Å². The summed E-state index contributed by atoms with van der Waals surface area (Å²) in [6.07, 6.45) is -4.48.